The van der Waals surface area contributed by atoms with Gasteiger partial charge in [-0.25, -0.2) is 0 Å². The molecular weight excluding hydrogens is 372 g/mol. The van der Waals surface area contributed by atoms with E-state index in [0.29, 0.717) is 6.42 Å². The Morgan fingerprint density at radius 1 is 1.03 bits per heavy atom. The quantitative estimate of drug-likeness (QED) is 0.473. The maximum atomic E-state index is 12.4. The molecule has 0 atom stereocenters. The van der Waals surface area contributed by atoms with Crippen LogP contribution in [0.2, 0.25) is 0 Å². The number of nitrogens with zero attached hydrogens (tertiary/aromatic N) is 4. The molecule has 0 bridgehead atoms. The van der Waals surface area contributed by atoms with Crippen LogP contribution in [0.5, 0.6) is 0 Å². The van der Waals surface area contributed by atoms with Crippen molar-refractivity contribution in [3.05, 3.63) is 53.9 Å². The van der Waals surface area contributed by atoms with Gasteiger partial charge in [-0.15, -0.1) is 0 Å². The van der Waals surface area contributed by atoms with Crippen LogP contribution >= 0.6 is 0 Å². The molecule has 2 aromatic heterocycles. The van der Waals surface area contributed by atoms with Crippen molar-refractivity contribution in [2.45, 2.75) is 33.2 Å². The van der Waals surface area contributed by atoms with Gasteiger partial charge in [0.15, 0.2) is 5.78 Å². The number of carbonyl (C=O) groups is 1. The van der Waals surface area contributed by atoms with Crippen LogP contribution in [0.15, 0.2) is 42.7 Å². The lowest BCUT2D eigenvalue weighted by atomic mass is 10.0. The predicted octanol–water partition coefficient (Wildman–Crippen LogP) is 4.67. The van der Waals surface area contributed by atoms with Crippen LogP contribution in [0.25, 0.3) is 32.9 Å². The zero-order valence-electron chi connectivity index (χ0n) is 18.0. The van der Waals surface area contributed by atoms with Crippen LogP contribution < -0.4 is 0 Å². The molecule has 5 nitrogen and oxygen atoms in total. The zero-order valence-corrected chi connectivity index (χ0v) is 18.0. The molecule has 1 aliphatic rings. The fourth-order valence-corrected chi connectivity index (χ4v) is 4.93. The van der Waals surface area contributed by atoms with Gasteiger partial charge in [-0.05, 0) is 54.9 Å². The minimum Gasteiger partial charge on any atom is -0.339 e. The van der Waals surface area contributed by atoms with Gasteiger partial charge < -0.3 is 9.47 Å². The summed E-state index contributed by atoms with van der Waals surface area (Å²) in [5.74, 6) is 0.277. The second-order valence-corrected chi connectivity index (χ2v) is 8.22. The Balaban J connectivity index is 1.73. The maximum absolute atomic E-state index is 12.4. The molecular formula is C25H28N4O. The minimum atomic E-state index is 0.277. The fraction of sp³-hybridized carbons (Fsp3) is 0.360. The van der Waals surface area contributed by atoms with E-state index in [-0.39, 0.29) is 5.78 Å². The number of rotatable bonds is 6. The van der Waals surface area contributed by atoms with Gasteiger partial charge in [0.05, 0.1) is 6.20 Å². The van der Waals surface area contributed by atoms with Crippen molar-refractivity contribution in [1.29, 1.82) is 0 Å². The van der Waals surface area contributed by atoms with Crippen LogP contribution in [0.3, 0.4) is 0 Å². The van der Waals surface area contributed by atoms with Crippen molar-refractivity contribution in [1.82, 2.24) is 19.2 Å². The smallest absolute Gasteiger partial charge is 0.163 e. The van der Waals surface area contributed by atoms with Crippen LogP contribution in [0.1, 0.15) is 36.2 Å². The molecule has 30 heavy (non-hydrogen) atoms. The lowest BCUT2D eigenvalue weighted by Gasteiger charge is -2.19. The van der Waals surface area contributed by atoms with Crippen molar-refractivity contribution in [3.8, 4) is 11.1 Å². The fourth-order valence-electron chi connectivity index (χ4n) is 4.93. The summed E-state index contributed by atoms with van der Waals surface area (Å²) in [6.45, 7) is 8.51. The highest BCUT2D eigenvalue weighted by molar-refractivity contribution is 6.15. The number of aryl methyl sites for hydroxylation is 2. The van der Waals surface area contributed by atoms with E-state index in [1.165, 1.54) is 32.9 Å². The van der Waals surface area contributed by atoms with E-state index in [1.807, 2.05) is 24.0 Å². The third kappa shape index (κ3) is 2.96. The number of Topliss-reactive ketones (excluding diaryl/α,β-unsaturated/α-hetero) is 1. The summed E-state index contributed by atoms with van der Waals surface area (Å²) >= 11 is 0. The maximum Gasteiger partial charge on any atom is 0.163 e. The van der Waals surface area contributed by atoms with E-state index >= 15 is 0 Å². The number of ketones is 1. The van der Waals surface area contributed by atoms with Crippen molar-refractivity contribution < 1.29 is 4.79 Å². The number of likely N-dealkylation sites (N-methyl/N-ethyl adjacent to an activating group) is 1. The van der Waals surface area contributed by atoms with Gasteiger partial charge in [-0.2, -0.15) is 5.10 Å². The van der Waals surface area contributed by atoms with Crippen molar-refractivity contribution in [3.63, 3.8) is 0 Å². The summed E-state index contributed by atoms with van der Waals surface area (Å²) in [7, 11) is 1.94. The molecule has 154 valence electrons. The highest BCUT2D eigenvalue weighted by atomic mass is 16.1. The van der Waals surface area contributed by atoms with Gasteiger partial charge in [-0.1, -0.05) is 19.9 Å². The average Bonchev–Trinajstić information content (AvgIpc) is 3.44. The van der Waals surface area contributed by atoms with Crippen molar-refractivity contribution >= 4 is 27.6 Å². The molecule has 0 saturated carbocycles. The SMILES string of the molecule is CCN(CC)CCn1c2ccc(-c3cnn(C)c3)cc2c2c3c(ccc21)C(=O)CC3. The second-order valence-electron chi connectivity index (χ2n) is 8.22. The number of benzene rings is 2. The normalized spacial score (nSPS) is 13.8. The van der Waals surface area contributed by atoms with E-state index < -0.39 is 0 Å². The Kier molecular flexibility index (Phi) is 4.70. The summed E-state index contributed by atoms with van der Waals surface area (Å²) < 4.78 is 4.28. The number of carbonyl (C=O) groups excluding carboxylic acids is 1. The third-order valence-corrected chi connectivity index (χ3v) is 6.61. The van der Waals surface area contributed by atoms with Gasteiger partial charge in [0.2, 0.25) is 0 Å². The predicted molar refractivity (Wildman–Crippen MR) is 122 cm³/mol. The monoisotopic (exact) mass is 400 g/mol. The topological polar surface area (TPSA) is 43.1 Å². The molecule has 1 aliphatic carbocycles. The molecule has 2 heterocycles. The number of hydrogen-bond acceptors (Lipinski definition) is 3. The molecule has 0 unspecified atom stereocenters. The van der Waals surface area contributed by atoms with E-state index in [0.717, 1.165) is 43.7 Å². The van der Waals surface area contributed by atoms with Crippen molar-refractivity contribution in [2.24, 2.45) is 7.05 Å². The number of aromatic nitrogens is 3. The molecule has 2 aromatic carbocycles. The summed E-state index contributed by atoms with van der Waals surface area (Å²) in [6.07, 6.45) is 5.43. The lowest BCUT2D eigenvalue weighted by Crippen LogP contribution is -2.26. The van der Waals surface area contributed by atoms with Crippen molar-refractivity contribution in [2.75, 3.05) is 19.6 Å². The van der Waals surface area contributed by atoms with E-state index in [2.05, 4.69) is 58.9 Å². The molecule has 0 spiro atoms. The van der Waals surface area contributed by atoms with Crippen LogP contribution in [-0.4, -0.2) is 44.7 Å². The second kappa shape index (κ2) is 7.40. The lowest BCUT2D eigenvalue weighted by molar-refractivity contribution is 0.0994. The first-order chi connectivity index (χ1) is 14.6. The molecule has 0 amide bonds. The molecule has 5 heteroatoms. The van der Waals surface area contributed by atoms with Crippen LogP contribution in [-0.2, 0) is 20.0 Å². The first kappa shape index (κ1) is 19.1. The Hall–Kier alpha value is -2.92. The highest BCUT2D eigenvalue weighted by Crippen LogP contribution is 2.38. The molecule has 0 aliphatic heterocycles. The Morgan fingerprint density at radius 3 is 2.57 bits per heavy atom. The third-order valence-electron chi connectivity index (χ3n) is 6.61. The van der Waals surface area contributed by atoms with E-state index in [9.17, 15) is 4.79 Å². The standard InChI is InChI=1S/C25H28N4O/c1-4-28(5-2)12-13-29-22-9-6-17(18-15-26-27(3)16-18)14-21(22)25-20-8-11-24(30)19(20)7-10-23(25)29/h6-7,9-10,14-16H,4-5,8,11-13H2,1-3H3. The van der Waals surface area contributed by atoms with E-state index in [1.54, 1.807) is 0 Å². The van der Waals surface area contributed by atoms with E-state index in [4.69, 9.17) is 0 Å². The van der Waals surface area contributed by atoms with Crippen LogP contribution in [0, 0.1) is 0 Å². The molecule has 5 rings (SSSR count). The molecule has 0 N–H and O–H groups in total. The molecule has 4 aromatic rings. The molecule has 0 saturated heterocycles. The largest absolute Gasteiger partial charge is 0.339 e. The Bertz CT molecular complexity index is 1260. The Labute approximate surface area is 176 Å². The summed E-state index contributed by atoms with van der Waals surface area (Å²) in [5.41, 5.74) is 6.92. The number of fused-ring (bicyclic) bond motifs is 5. The highest BCUT2D eigenvalue weighted by Gasteiger charge is 2.25. The van der Waals surface area contributed by atoms with Gasteiger partial charge >= 0.3 is 0 Å². The first-order valence-corrected chi connectivity index (χ1v) is 10.9. The van der Waals surface area contributed by atoms with Gasteiger partial charge in [0.25, 0.3) is 0 Å². The van der Waals surface area contributed by atoms with Gasteiger partial charge in [0.1, 0.15) is 0 Å². The Morgan fingerprint density at radius 2 is 1.83 bits per heavy atom. The zero-order chi connectivity index (χ0) is 20.8. The number of hydrogen-bond donors (Lipinski definition) is 0. The molecule has 0 fully saturated rings. The van der Waals surface area contributed by atoms with Gasteiger partial charge in [0, 0.05) is 65.7 Å². The summed E-state index contributed by atoms with van der Waals surface area (Å²) in [4.78, 5) is 14.9. The summed E-state index contributed by atoms with van der Waals surface area (Å²) in [6, 6.07) is 10.9. The summed E-state index contributed by atoms with van der Waals surface area (Å²) in [5, 5.41) is 6.85. The molecule has 0 radical (unpaired) electrons. The minimum absolute atomic E-state index is 0.277. The van der Waals surface area contributed by atoms with Gasteiger partial charge in [-0.3, -0.25) is 9.48 Å². The van der Waals surface area contributed by atoms with Crippen LogP contribution in [0.4, 0.5) is 0 Å². The average molecular weight is 401 g/mol. The first-order valence-electron chi connectivity index (χ1n) is 10.9.